The molecular formula is C15H23N. The highest BCUT2D eigenvalue weighted by Crippen LogP contribution is 2.23. The summed E-state index contributed by atoms with van der Waals surface area (Å²) in [5, 5.41) is 3.69. The van der Waals surface area contributed by atoms with E-state index >= 15 is 0 Å². The van der Waals surface area contributed by atoms with Crippen LogP contribution in [0, 0.1) is 0 Å². The molecule has 0 spiro atoms. The zero-order valence-electron chi connectivity index (χ0n) is 10.3. The predicted molar refractivity (Wildman–Crippen MR) is 69.6 cm³/mol. The highest BCUT2D eigenvalue weighted by molar-refractivity contribution is 5.26. The minimum Gasteiger partial charge on any atom is -0.310 e. The van der Waals surface area contributed by atoms with Crippen LogP contribution >= 0.6 is 0 Å². The highest BCUT2D eigenvalue weighted by Gasteiger charge is 2.12. The third kappa shape index (κ3) is 3.08. The van der Waals surface area contributed by atoms with Crippen LogP contribution in [0.1, 0.15) is 56.2 Å². The second-order valence-corrected chi connectivity index (χ2v) is 4.81. The van der Waals surface area contributed by atoms with E-state index in [0.717, 1.165) is 6.42 Å². The number of rotatable bonds is 2. The fraction of sp³-hybridized carbons (Fsp3) is 0.600. The van der Waals surface area contributed by atoms with Gasteiger partial charge in [-0.2, -0.15) is 0 Å². The molecule has 1 aromatic carbocycles. The Hall–Kier alpha value is -0.820. The van der Waals surface area contributed by atoms with Gasteiger partial charge in [0.15, 0.2) is 0 Å². The molecule has 1 nitrogen and oxygen atoms in total. The Bertz CT molecular complexity index is 311. The van der Waals surface area contributed by atoms with Crippen LogP contribution < -0.4 is 5.32 Å². The molecule has 1 heteroatoms. The summed E-state index contributed by atoms with van der Waals surface area (Å²) in [4.78, 5) is 0. The van der Waals surface area contributed by atoms with Crippen molar-refractivity contribution >= 4 is 0 Å². The normalized spacial score (nSPS) is 22.4. The van der Waals surface area contributed by atoms with Crippen LogP contribution in [-0.2, 0) is 6.42 Å². The molecule has 0 bridgehead atoms. The first-order chi connectivity index (χ1) is 7.90. The fourth-order valence-corrected chi connectivity index (χ4v) is 2.52. The van der Waals surface area contributed by atoms with Crippen molar-refractivity contribution in [1.82, 2.24) is 5.32 Å². The molecule has 1 heterocycles. The third-order valence-corrected chi connectivity index (χ3v) is 3.57. The Morgan fingerprint density at radius 3 is 2.94 bits per heavy atom. The van der Waals surface area contributed by atoms with Gasteiger partial charge in [0.05, 0.1) is 0 Å². The SMILES string of the molecule is CCc1cccc(C2CCCCCCN2)c1. The maximum atomic E-state index is 3.69. The number of aryl methyl sites for hydroxylation is 1. The third-order valence-electron chi connectivity index (χ3n) is 3.57. The molecule has 88 valence electrons. The first-order valence-electron chi connectivity index (χ1n) is 6.72. The van der Waals surface area contributed by atoms with Gasteiger partial charge in [0, 0.05) is 6.04 Å². The smallest absolute Gasteiger partial charge is 0.0320 e. The van der Waals surface area contributed by atoms with Gasteiger partial charge in [-0.1, -0.05) is 50.5 Å². The van der Waals surface area contributed by atoms with Crippen LogP contribution in [-0.4, -0.2) is 6.54 Å². The van der Waals surface area contributed by atoms with E-state index in [9.17, 15) is 0 Å². The molecule has 1 aliphatic heterocycles. The number of nitrogens with one attached hydrogen (secondary N) is 1. The molecule has 1 aliphatic rings. The summed E-state index contributed by atoms with van der Waals surface area (Å²) in [6.07, 6.45) is 7.95. The van der Waals surface area contributed by atoms with E-state index in [2.05, 4.69) is 36.5 Å². The Kier molecular flexibility index (Phi) is 4.41. The van der Waals surface area contributed by atoms with Crippen LogP contribution in [0.25, 0.3) is 0 Å². The second kappa shape index (κ2) is 6.05. The molecule has 0 aliphatic carbocycles. The van der Waals surface area contributed by atoms with E-state index in [1.807, 2.05) is 0 Å². The average molecular weight is 217 g/mol. The molecule has 1 unspecified atom stereocenters. The molecule has 0 saturated carbocycles. The number of benzene rings is 1. The van der Waals surface area contributed by atoms with Gasteiger partial charge in [-0.15, -0.1) is 0 Å². The average Bonchev–Trinajstić information content (AvgIpc) is 2.29. The zero-order chi connectivity index (χ0) is 11.2. The zero-order valence-corrected chi connectivity index (χ0v) is 10.3. The summed E-state index contributed by atoms with van der Waals surface area (Å²) in [6, 6.07) is 9.67. The van der Waals surface area contributed by atoms with E-state index in [-0.39, 0.29) is 0 Å². The molecule has 2 rings (SSSR count). The lowest BCUT2D eigenvalue weighted by Gasteiger charge is -2.22. The van der Waals surface area contributed by atoms with Crippen molar-refractivity contribution in [3.05, 3.63) is 35.4 Å². The topological polar surface area (TPSA) is 12.0 Å². The van der Waals surface area contributed by atoms with E-state index < -0.39 is 0 Å². The number of hydrogen-bond acceptors (Lipinski definition) is 1. The highest BCUT2D eigenvalue weighted by atomic mass is 14.9. The van der Waals surface area contributed by atoms with Gasteiger partial charge in [0.2, 0.25) is 0 Å². The molecule has 0 amide bonds. The largest absolute Gasteiger partial charge is 0.310 e. The summed E-state index contributed by atoms with van der Waals surface area (Å²) in [5.74, 6) is 0. The Morgan fingerprint density at radius 1 is 1.19 bits per heavy atom. The van der Waals surface area contributed by atoms with Gasteiger partial charge in [-0.25, -0.2) is 0 Å². The Morgan fingerprint density at radius 2 is 2.06 bits per heavy atom. The van der Waals surface area contributed by atoms with Gasteiger partial charge >= 0.3 is 0 Å². The van der Waals surface area contributed by atoms with Gasteiger partial charge in [0.25, 0.3) is 0 Å². The minimum atomic E-state index is 0.590. The van der Waals surface area contributed by atoms with Crippen LogP contribution in [0.15, 0.2) is 24.3 Å². The lowest BCUT2D eigenvalue weighted by Crippen LogP contribution is -2.24. The second-order valence-electron chi connectivity index (χ2n) is 4.81. The van der Waals surface area contributed by atoms with Crippen molar-refractivity contribution in [3.8, 4) is 0 Å². The molecule has 1 N–H and O–H groups in total. The quantitative estimate of drug-likeness (QED) is 0.793. The Balaban J connectivity index is 2.07. The van der Waals surface area contributed by atoms with Gasteiger partial charge in [-0.3, -0.25) is 0 Å². The lowest BCUT2D eigenvalue weighted by molar-refractivity contribution is 0.427. The standard InChI is InChI=1S/C15H23N/c1-2-13-8-7-9-14(12-13)15-10-5-3-4-6-11-16-15/h7-9,12,15-16H,2-6,10-11H2,1H3. The summed E-state index contributed by atoms with van der Waals surface area (Å²) in [7, 11) is 0. The van der Waals surface area contributed by atoms with Crippen molar-refractivity contribution in [2.75, 3.05) is 6.54 Å². The van der Waals surface area contributed by atoms with Crippen LogP contribution in [0.5, 0.6) is 0 Å². The lowest BCUT2D eigenvalue weighted by atomic mass is 9.96. The van der Waals surface area contributed by atoms with Gasteiger partial charge < -0.3 is 5.32 Å². The van der Waals surface area contributed by atoms with Crippen molar-refractivity contribution in [2.45, 2.75) is 51.5 Å². The van der Waals surface area contributed by atoms with Crippen LogP contribution in [0.2, 0.25) is 0 Å². The number of hydrogen-bond donors (Lipinski definition) is 1. The fourth-order valence-electron chi connectivity index (χ4n) is 2.52. The van der Waals surface area contributed by atoms with Crippen molar-refractivity contribution in [2.24, 2.45) is 0 Å². The monoisotopic (exact) mass is 217 g/mol. The summed E-state index contributed by atoms with van der Waals surface area (Å²) >= 11 is 0. The predicted octanol–water partition coefficient (Wildman–Crippen LogP) is 3.84. The molecule has 1 fully saturated rings. The van der Waals surface area contributed by atoms with E-state index in [0.29, 0.717) is 6.04 Å². The molecular weight excluding hydrogens is 194 g/mol. The van der Waals surface area contributed by atoms with E-state index in [1.165, 1.54) is 49.8 Å². The van der Waals surface area contributed by atoms with Gasteiger partial charge in [0.1, 0.15) is 0 Å². The molecule has 16 heavy (non-hydrogen) atoms. The molecule has 1 saturated heterocycles. The van der Waals surface area contributed by atoms with Crippen LogP contribution in [0.3, 0.4) is 0 Å². The summed E-state index contributed by atoms with van der Waals surface area (Å²) < 4.78 is 0. The maximum absolute atomic E-state index is 3.69. The summed E-state index contributed by atoms with van der Waals surface area (Å²) in [6.45, 7) is 3.41. The first-order valence-corrected chi connectivity index (χ1v) is 6.72. The molecule has 1 atom stereocenters. The first kappa shape index (κ1) is 11.7. The van der Waals surface area contributed by atoms with Crippen molar-refractivity contribution in [3.63, 3.8) is 0 Å². The van der Waals surface area contributed by atoms with E-state index in [1.54, 1.807) is 0 Å². The van der Waals surface area contributed by atoms with E-state index in [4.69, 9.17) is 0 Å². The summed E-state index contributed by atoms with van der Waals surface area (Å²) in [5.41, 5.74) is 2.95. The minimum absolute atomic E-state index is 0.590. The Labute approximate surface area is 99.3 Å². The maximum Gasteiger partial charge on any atom is 0.0320 e. The molecule has 0 radical (unpaired) electrons. The van der Waals surface area contributed by atoms with Crippen molar-refractivity contribution < 1.29 is 0 Å². The van der Waals surface area contributed by atoms with Crippen molar-refractivity contribution in [1.29, 1.82) is 0 Å². The van der Waals surface area contributed by atoms with Gasteiger partial charge in [-0.05, 0) is 36.9 Å². The molecule has 0 aromatic heterocycles. The van der Waals surface area contributed by atoms with Crippen LogP contribution in [0.4, 0.5) is 0 Å². The molecule has 1 aromatic rings.